The predicted octanol–water partition coefficient (Wildman–Crippen LogP) is 2.67. The summed E-state index contributed by atoms with van der Waals surface area (Å²) in [5.41, 5.74) is 1.45. The van der Waals surface area contributed by atoms with Gasteiger partial charge in [0.1, 0.15) is 0 Å². The smallest absolute Gasteiger partial charge is 0.253 e. The number of likely N-dealkylation sites (tertiary alicyclic amines) is 1. The summed E-state index contributed by atoms with van der Waals surface area (Å²) in [5.74, 6) is 0.0802. The van der Waals surface area contributed by atoms with Crippen molar-refractivity contribution >= 4 is 5.91 Å². The van der Waals surface area contributed by atoms with Gasteiger partial charge in [0.25, 0.3) is 5.91 Å². The van der Waals surface area contributed by atoms with Crippen molar-refractivity contribution in [3.63, 3.8) is 0 Å². The molecule has 2 aliphatic rings. The monoisotopic (exact) mass is 355 g/mol. The highest BCUT2D eigenvalue weighted by molar-refractivity contribution is 5.94. The zero-order valence-electron chi connectivity index (χ0n) is 15.1. The highest BCUT2D eigenvalue weighted by Gasteiger charge is 2.45. The molecular weight excluding hydrogens is 330 g/mol. The third-order valence-electron chi connectivity index (χ3n) is 5.65. The number of amides is 1. The van der Waals surface area contributed by atoms with E-state index in [4.69, 9.17) is 9.47 Å². The maximum Gasteiger partial charge on any atom is 0.253 e. The summed E-state index contributed by atoms with van der Waals surface area (Å²) in [5, 5.41) is 4.21. The highest BCUT2D eigenvalue weighted by atomic mass is 16.5. The van der Waals surface area contributed by atoms with Crippen LogP contribution in [-0.2, 0) is 9.47 Å². The first-order valence-corrected chi connectivity index (χ1v) is 9.28. The van der Waals surface area contributed by atoms with Gasteiger partial charge in [-0.1, -0.05) is 0 Å². The molecule has 138 valence electrons. The predicted molar refractivity (Wildman–Crippen MR) is 97.4 cm³/mol. The summed E-state index contributed by atoms with van der Waals surface area (Å²) in [6.07, 6.45) is 7.53. The van der Waals surface area contributed by atoms with Gasteiger partial charge in [0, 0.05) is 44.8 Å². The van der Waals surface area contributed by atoms with Crippen LogP contribution in [0.1, 0.15) is 36.0 Å². The van der Waals surface area contributed by atoms with E-state index >= 15 is 0 Å². The van der Waals surface area contributed by atoms with E-state index in [1.807, 2.05) is 41.4 Å². The van der Waals surface area contributed by atoms with Crippen molar-refractivity contribution in [1.82, 2.24) is 14.7 Å². The lowest BCUT2D eigenvalue weighted by atomic mass is 9.81. The minimum atomic E-state index is -0.215. The fourth-order valence-electron chi connectivity index (χ4n) is 4.15. The van der Waals surface area contributed by atoms with Crippen LogP contribution in [0.4, 0.5) is 0 Å². The number of benzene rings is 1. The minimum Gasteiger partial charge on any atom is -0.378 e. The van der Waals surface area contributed by atoms with E-state index in [0.29, 0.717) is 18.7 Å². The fourth-order valence-corrected chi connectivity index (χ4v) is 4.15. The molecule has 2 aromatic rings. The molecule has 0 aliphatic carbocycles. The molecule has 4 rings (SSSR count). The molecule has 1 spiro atoms. The van der Waals surface area contributed by atoms with Gasteiger partial charge in [0.2, 0.25) is 0 Å². The quantitative estimate of drug-likeness (QED) is 0.849. The van der Waals surface area contributed by atoms with Crippen molar-refractivity contribution < 1.29 is 14.3 Å². The van der Waals surface area contributed by atoms with E-state index < -0.39 is 0 Å². The van der Waals surface area contributed by atoms with Crippen LogP contribution < -0.4 is 0 Å². The number of ether oxygens (including phenoxy) is 2. The maximum atomic E-state index is 12.9. The van der Waals surface area contributed by atoms with E-state index in [-0.39, 0.29) is 17.6 Å². The first kappa shape index (κ1) is 17.2. The molecule has 1 aromatic heterocycles. The number of methoxy groups -OCH3 is 1. The van der Waals surface area contributed by atoms with E-state index in [1.54, 1.807) is 18.0 Å². The normalized spacial score (nSPS) is 22.5. The van der Waals surface area contributed by atoms with Crippen molar-refractivity contribution in [2.45, 2.75) is 37.4 Å². The van der Waals surface area contributed by atoms with Crippen LogP contribution in [0, 0.1) is 0 Å². The Hall–Kier alpha value is -2.18. The second-order valence-corrected chi connectivity index (χ2v) is 7.07. The second-order valence-electron chi connectivity index (χ2n) is 7.07. The first-order chi connectivity index (χ1) is 12.7. The van der Waals surface area contributed by atoms with Crippen LogP contribution in [0.15, 0.2) is 42.7 Å². The third kappa shape index (κ3) is 3.15. The number of rotatable bonds is 3. The Balaban J connectivity index is 1.42. The molecule has 0 N–H and O–H groups in total. The van der Waals surface area contributed by atoms with Gasteiger partial charge in [-0.3, -0.25) is 4.79 Å². The number of aromatic nitrogens is 2. The largest absolute Gasteiger partial charge is 0.378 e. The summed E-state index contributed by atoms with van der Waals surface area (Å²) < 4.78 is 13.6. The Labute approximate surface area is 153 Å². The molecule has 2 fully saturated rings. The average molecular weight is 355 g/mol. The summed E-state index contributed by atoms with van der Waals surface area (Å²) >= 11 is 0. The molecule has 2 saturated heterocycles. The van der Waals surface area contributed by atoms with Gasteiger partial charge in [-0.25, -0.2) is 4.68 Å². The minimum absolute atomic E-state index is 0.0802. The molecule has 26 heavy (non-hydrogen) atoms. The zero-order chi connectivity index (χ0) is 18.0. The van der Waals surface area contributed by atoms with Crippen LogP contribution >= 0.6 is 0 Å². The first-order valence-electron chi connectivity index (χ1n) is 9.28. The van der Waals surface area contributed by atoms with Gasteiger partial charge >= 0.3 is 0 Å². The molecule has 0 radical (unpaired) electrons. The Morgan fingerprint density at radius 1 is 1.27 bits per heavy atom. The van der Waals surface area contributed by atoms with Crippen LogP contribution in [0.5, 0.6) is 0 Å². The number of carbonyl (C=O) groups excluding carboxylic acids is 1. The summed E-state index contributed by atoms with van der Waals surface area (Å²) in [4.78, 5) is 14.8. The van der Waals surface area contributed by atoms with Gasteiger partial charge < -0.3 is 14.4 Å². The van der Waals surface area contributed by atoms with Gasteiger partial charge in [0.15, 0.2) is 0 Å². The molecule has 1 aromatic carbocycles. The molecule has 1 atom stereocenters. The Kier molecular flexibility index (Phi) is 4.78. The van der Waals surface area contributed by atoms with Gasteiger partial charge in [0.05, 0.1) is 17.4 Å². The number of nitrogens with zero attached hydrogens (tertiary/aromatic N) is 3. The molecule has 0 bridgehead atoms. The van der Waals surface area contributed by atoms with Crippen molar-refractivity contribution in [2.24, 2.45) is 0 Å². The van der Waals surface area contributed by atoms with Crippen LogP contribution in [0.3, 0.4) is 0 Å². The van der Waals surface area contributed by atoms with E-state index in [1.165, 1.54) is 0 Å². The number of piperidine rings is 1. The van der Waals surface area contributed by atoms with Crippen molar-refractivity contribution in [3.05, 3.63) is 48.3 Å². The lowest BCUT2D eigenvalue weighted by molar-refractivity contribution is -0.183. The number of hydrogen-bond donors (Lipinski definition) is 0. The van der Waals surface area contributed by atoms with Crippen molar-refractivity contribution in [3.8, 4) is 5.69 Å². The van der Waals surface area contributed by atoms with Crippen LogP contribution in [-0.4, -0.2) is 59.1 Å². The topological polar surface area (TPSA) is 56.6 Å². The Morgan fingerprint density at radius 3 is 2.69 bits per heavy atom. The zero-order valence-corrected chi connectivity index (χ0v) is 15.1. The van der Waals surface area contributed by atoms with E-state index in [9.17, 15) is 4.79 Å². The van der Waals surface area contributed by atoms with E-state index in [2.05, 4.69) is 5.10 Å². The molecule has 6 nitrogen and oxygen atoms in total. The Morgan fingerprint density at radius 2 is 2.04 bits per heavy atom. The molecule has 0 unspecified atom stereocenters. The summed E-state index contributed by atoms with van der Waals surface area (Å²) in [7, 11) is 1.76. The third-order valence-corrected chi connectivity index (χ3v) is 5.65. The summed E-state index contributed by atoms with van der Waals surface area (Å²) in [6.45, 7) is 2.21. The van der Waals surface area contributed by atoms with Gasteiger partial charge in [-0.2, -0.15) is 5.10 Å². The summed E-state index contributed by atoms with van der Waals surface area (Å²) in [6, 6.07) is 9.48. The maximum absolute atomic E-state index is 12.9. The lowest BCUT2D eigenvalue weighted by Gasteiger charge is -2.48. The van der Waals surface area contributed by atoms with E-state index in [0.717, 1.165) is 38.0 Å². The molecule has 0 saturated carbocycles. The molecule has 3 heterocycles. The molecular formula is C20H25N3O3. The lowest BCUT2D eigenvalue weighted by Crippen LogP contribution is -2.56. The van der Waals surface area contributed by atoms with Crippen molar-refractivity contribution in [2.75, 3.05) is 26.8 Å². The van der Waals surface area contributed by atoms with Crippen LogP contribution in [0.25, 0.3) is 5.69 Å². The van der Waals surface area contributed by atoms with Gasteiger partial charge in [-0.15, -0.1) is 0 Å². The average Bonchev–Trinajstić information content (AvgIpc) is 3.23. The van der Waals surface area contributed by atoms with Crippen LogP contribution in [0.2, 0.25) is 0 Å². The Bertz CT molecular complexity index is 734. The SMILES string of the molecule is CO[C@@H]1CCCOC12CCN(C(=O)c1ccc(-n3cccn3)cc1)CC2. The highest BCUT2D eigenvalue weighted by Crippen LogP contribution is 2.37. The molecule has 1 amide bonds. The molecule has 2 aliphatic heterocycles. The number of carbonyl (C=O) groups is 1. The molecule has 6 heteroatoms. The van der Waals surface area contributed by atoms with Crippen molar-refractivity contribution in [1.29, 1.82) is 0 Å². The fraction of sp³-hybridized carbons (Fsp3) is 0.500. The standard InChI is InChI=1S/C20H25N3O3/c1-25-18-4-2-15-26-20(18)9-13-22(14-10-20)19(24)16-5-7-17(8-6-16)23-12-3-11-21-23/h3,5-8,11-12,18H,2,4,9-10,13-15H2,1H3/t18-/m1/s1. The second kappa shape index (κ2) is 7.21. The van der Waals surface area contributed by atoms with Gasteiger partial charge in [-0.05, 0) is 56.0 Å². The number of hydrogen-bond acceptors (Lipinski definition) is 4.